The van der Waals surface area contributed by atoms with E-state index in [9.17, 15) is 14.0 Å². The van der Waals surface area contributed by atoms with Crippen LogP contribution in [-0.2, 0) is 9.53 Å². The molecule has 0 radical (unpaired) electrons. The molecule has 0 unspecified atom stereocenters. The van der Waals surface area contributed by atoms with E-state index in [1.54, 1.807) is 48.2 Å². The van der Waals surface area contributed by atoms with E-state index in [-0.39, 0.29) is 24.3 Å². The maximum Gasteiger partial charge on any atom is 0.338 e. The summed E-state index contributed by atoms with van der Waals surface area (Å²) in [6.45, 7) is 4.55. The molecule has 0 N–H and O–H groups in total. The minimum Gasteiger partial charge on any atom is -0.484 e. The van der Waals surface area contributed by atoms with Crippen molar-refractivity contribution >= 4 is 17.6 Å². The summed E-state index contributed by atoms with van der Waals surface area (Å²) in [5, 5.41) is 0. The van der Waals surface area contributed by atoms with E-state index in [1.807, 2.05) is 0 Å². The van der Waals surface area contributed by atoms with Gasteiger partial charge in [-0.15, -0.1) is 0 Å². The first kappa shape index (κ1) is 19.7. The molecule has 0 saturated carbocycles. The third-order valence-corrected chi connectivity index (χ3v) is 4.55. The van der Waals surface area contributed by atoms with Crippen molar-refractivity contribution in [3.05, 3.63) is 59.9 Å². The predicted molar refractivity (Wildman–Crippen MR) is 103 cm³/mol. The Balaban J connectivity index is 1.45. The Kier molecular flexibility index (Phi) is 6.47. The number of nitrogens with zero attached hydrogens (tertiary/aromatic N) is 2. The van der Waals surface area contributed by atoms with Crippen LogP contribution in [0, 0.1) is 5.82 Å². The van der Waals surface area contributed by atoms with Crippen LogP contribution in [0.3, 0.4) is 0 Å². The molecule has 0 aromatic heterocycles. The Morgan fingerprint density at radius 1 is 0.964 bits per heavy atom. The maximum absolute atomic E-state index is 13.0. The van der Waals surface area contributed by atoms with E-state index in [1.165, 1.54) is 12.1 Å². The van der Waals surface area contributed by atoms with Crippen molar-refractivity contribution in [1.29, 1.82) is 0 Å². The Hall–Kier alpha value is -3.09. The van der Waals surface area contributed by atoms with Gasteiger partial charge in [0.05, 0.1) is 12.2 Å². The molecule has 1 fully saturated rings. The topological polar surface area (TPSA) is 59.1 Å². The van der Waals surface area contributed by atoms with E-state index >= 15 is 0 Å². The van der Waals surface area contributed by atoms with Gasteiger partial charge in [-0.05, 0) is 55.5 Å². The van der Waals surface area contributed by atoms with Crippen LogP contribution in [-0.4, -0.2) is 56.2 Å². The van der Waals surface area contributed by atoms with Gasteiger partial charge < -0.3 is 19.3 Å². The second-order valence-corrected chi connectivity index (χ2v) is 6.38. The average Bonchev–Trinajstić information content (AvgIpc) is 2.73. The highest BCUT2D eigenvalue weighted by molar-refractivity contribution is 5.89. The molecule has 148 valence electrons. The van der Waals surface area contributed by atoms with Crippen molar-refractivity contribution in [1.82, 2.24) is 4.90 Å². The molecule has 7 heteroatoms. The summed E-state index contributed by atoms with van der Waals surface area (Å²) >= 11 is 0. The normalized spacial score (nSPS) is 13.9. The first-order chi connectivity index (χ1) is 13.6. The fourth-order valence-electron chi connectivity index (χ4n) is 3.00. The highest BCUT2D eigenvalue weighted by atomic mass is 19.1. The van der Waals surface area contributed by atoms with E-state index in [4.69, 9.17) is 9.47 Å². The molecule has 1 aliphatic heterocycles. The molecule has 2 aromatic rings. The molecular weight excluding hydrogens is 363 g/mol. The fourth-order valence-corrected chi connectivity index (χ4v) is 3.00. The van der Waals surface area contributed by atoms with Crippen molar-refractivity contribution in [2.45, 2.75) is 6.92 Å². The number of carbonyl (C=O) groups is 2. The molecule has 6 nitrogen and oxygen atoms in total. The minimum atomic E-state index is -0.385. The zero-order chi connectivity index (χ0) is 19.9. The van der Waals surface area contributed by atoms with Crippen molar-refractivity contribution in [3.63, 3.8) is 0 Å². The Bertz CT molecular complexity index is 800. The van der Waals surface area contributed by atoms with Crippen LogP contribution in [0.1, 0.15) is 17.3 Å². The van der Waals surface area contributed by atoms with Crippen LogP contribution in [0.2, 0.25) is 0 Å². The van der Waals surface area contributed by atoms with E-state index in [2.05, 4.69) is 4.90 Å². The number of rotatable bonds is 6. The maximum atomic E-state index is 13.0. The molecule has 1 amide bonds. The summed E-state index contributed by atoms with van der Waals surface area (Å²) in [5.74, 6) is -0.214. The number of piperazine rings is 1. The average molecular weight is 386 g/mol. The van der Waals surface area contributed by atoms with Crippen molar-refractivity contribution in [2.75, 3.05) is 44.3 Å². The fraction of sp³-hybridized carbons (Fsp3) is 0.333. The number of carbonyl (C=O) groups excluding carboxylic acids is 2. The van der Waals surface area contributed by atoms with Crippen molar-refractivity contribution in [3.8, 4) is 5.75 Å². The summed E-state index contributed by atoms with van der Waals surface area (Å²) in [7, 11) is 0. The predicted octanol–water partition coefficient (Wildman–Crippen LogP) is 2.73. The summed E-state index contributed by atoms with van der Waals surface area (Å²) in [6, 6.07) is 12.9. The number of halogens is 1. The van der Waals surface area contributed by atoms with Gasteiger partial charge in [0.1, 0.15) is 11.6 Å². The Morgan fingerprint density at radius 2 is 1.61 bits per heavy atom. The number of ether oxygens (including phenoxy) is 2. The standard InChI is InChI=1S/C21H23FN2O4/c1-2-27-21(26)16-3-9-19(10-4-16)28-15-20(25)24-13-11-23(12-14-24)18-7-5-17(22)6-8-18/h3-10H,2,11-15H2,1H3. The summed E-state index contributed by atoms with van der Waals surface area (Å²) in [5.41, 5.74) is 1.39. The number of hydrogen-bond donors (Lipinski definition) is 0. The molecule has 1 aliphatic rings. The SMILES string of the molecule is CCOC(=O)c1ccc(OCC(=O)N2CCN(c3ccc(F)cc3)CC2)cc1. The van der Waals surface area contributed by atoms with Crippen LogP contribution in [0.4, 0.5) is 10.1 Å². The lowest BCUT2D eigenvalue weighted by atomic mass is 10.2. The summed E-state index contributed by atoms with van der Waals surface area (Å²) < 4.78 is 23.5. The van der Waals surface area contributed by atoms with Gasteiger partial charge in [-0.3, -0.25) is 4.79 Å². The molecular formula is C21H23FN2O4. The second-order valence-electron chi connectivity index (χ2n) is 6.38. The third-order valence-electron chi connectivity index (χ3n) is 4.55. The molecule has 1 saturated heterocycles. The minimum absolute atomic E-state index is 0.0602. The van der Waals surface area contributed by atoms with E-state index < -0.39 is 0 Å². The highest BCUT2D eigenvalue weighted by Crippen LogP contribution is 2.17. The largest absolute Gasteiger partial charge is 0.484 e. The first-order valence-electron chi connectivity index (χ1n) is 9.25. The number of benzene rings is 2. The van der Waals surface area contributed by atoms with Gasteiger partial charge in [0.2, 0.25) is 0 Å². The monoisotopic (exact) mass is 386 g/mol. The second kappa shape index (κ2) is 9.21. The number of esters is 1. The molecule has 2 aromatic carbocycles. The van der Waals surface area contributed by atoms with Crippen LogP contribution >= 0.6 is 0 Å². The Labute approximate surface area is 163 Å². The lowest BCUT2D eigenvalue weighted by Crippen LogP contribution is -2.50. The van der Waals surface area contributed by atoms with Gasteiger partial charge in [-0.1, -0.05) is 0 Å². The summed E-state index contributed by atoms with van der Waals surface area (Å²) in [4.78, 5) is 27.9. The van der Waals surface area contributed by atoms with Crippen molar-refractivity contribution in [2.24, 2.45) is 0 Å². The van der Waals surface area contributed by atoms with Gasteiger partial charge in [0.15, 0.2) is 6.61 Å². The Morgan fingerprint density at radius 3 is 2.21 bits per heavy atom. The molecule has 0 spiro atoms. The quantitative estimate of drug-likeness (QED) is 0.715. The lowest BCUT2D eigenvalue weighted by molar-refractivity contribution is -0.133. The molecule has 1 heterocycles. The molecule has 0 aliphatic carbocycles. The number of hydrogen-bond acceptors (Lipinski definition) is 5. The molecule has 3 rings (SSSR count). The van der Waals surface area contributed by atoms with E-state index in [0.717, 1.165) is 5.69 Å². The molecule has 28 heavy (non-hydrogen) atoms. The molecule has 0 atom stereocenters. The van der Waals surface area contributed by atoms with Gasteiger partial charge >= 0.3 is 5.97 Å². The van der Waals surface area contributed by atoms with Gasteiger partial charge in [0.25, 0.3) is 5.91 Å². The van der Waals surface area contributed by atoms with E-state index in [0.29, 0.717) is 44.1 Å². The van der Waals surface area contributed by atoms with Crippen molar-refractivity contribution < 1.29 is 23.5 Å². The third kappa shape index (κ3) is 5.00. The van der Waals surface area contributed by atoms with Crippen LogP contribution in [0.15, 0.2) is 48.5 Å². The van der Waals surface area contributed by atoms with Crippen LogP contribution < -0.4 is 9.64 Å². The van der Waals surface area contributed by atoms with Gasteiger partial charge in [-0.2, -0.15) is 0 Å². The lowest BCUT2D eigenvalue weighted by Gasteiger charge is -2.36. The van der Waals surface area contributed by atoms with Gasteiger partial charge in [0, 0.05) is 31.9 Å². The number of amides is 1. The zero-order valence-corrected chi connectivity index (χ0v) is 15.8. The van der Waals surface area contributed by atoms with Gasteiger partial charge in [-0.25, -0.2) is 9.18 Å². The zero-order valence-electron chi connectivity index (χ0n) is 15.8. The molecule has 0 bridgehead atoms. The highest BCUT2D eigenvalue weighted by Gasteiger charge is 2.21. The first-order valence-corrected chi connectivity index (χ1v) is 9.25. The van der Waals surface area contributed by atoms with Crippen LogP contribution in [0.25, 0.3) is 0 Å². The summed E-state index contributed by atoms with van der Waals surface area (Å²) in [6.07, 6.45) is 0. The van der Waals surface area contributed by atoms with Crippen LogP contribution in [0.5, 0.6) is 5.75 Å². The number of anilines is 1. The smallest absolute Gasteiger partial charge is 0.338 e.